The third-order valence-electron chi connectivity index (χ3n) is 4.18. The number of methoxy groups -OCH3 is 1. The van der Waals surface area contributed by atoms with Crippen molar-refractivity contribution in [1.82, 2.24) is 4.90 Å². The number of nitrogens with zero attached hydrogens (tertiary/aromatic N) is 1. The van der Waals surface area contributed by atoms with Crippen LogP contribution in [0.2, 0.25) is 0 Å². The first kappa shape index (κ1) is 21.7. The summed E-state index contributed by atoms with van der Waals surface area (Å²) in [5, 5.41) is 28.7. The van der Waals surface area contributed by atoms with Gasteiger partial charge in [-0.05, 0) is 24.6 Å². The van der Waals surface area contributed by atoms with Crippen molar-refractivity contribution in [2.45, 2.75) is 25.8 Å². The second kappa shape index (κ2) is 9.07. The fourth-order valence-electron chi connectivity index (χ4n) is 2.85. The monoisotopic (exact) mass is 425 g/mol. The molecular formula is C18H19NO7S2. The van der Waals surface area contributed by atoms with Gasteiger partial charge in [0.15, 0.2) is 5.92 Å². The van der Waals surface area contributed by atoms with Crippen LogP contribution in [-0.4, -0.2) is 55.5 Å². The normalized spacial score (nSPS) is 16.7. The van der Waals surface area contributed by atoms with Gasteiger partial charge in [0.25, 0.3) is 5.91 Å². The molecular weight excluding hydrogens is 406 g/mol. The van der Waals surface area contributed by atoms with E-state index in [1.54, 1.807) is 19.1 Å². The molecule has 1 aromatic carbocycles. The van der Waals surface area contributed by atoms with Crippen molar-refractivity contribution in [2.75, 3.05) is 7.11 Å². The summed E-state index contributed by atoms with van der Waals surface area (Å²) in [5.41, 5.74) is 0.348. The van der Waals surface area contributed by atoms with Gasteiger partial charge in [-0.15, -0.1) is 0 Å². The molecule has 1 fully saturated rings. The second-order valence-electron chi connectivity index (χ2n) is 5.99. The maximum atomic E-state index is 12.9. The molecule has 0 aliphatic carbocycles. The van der Waals surface area contributed by atoms with Gasteiger partial charge in [0.1, 0.15) is 15.8 Å². The zero-order valence-corrected chi connectivity index (χ0v) is 16.7. The Morgan fingerprint density at radius 3 is 2.46 bits per heavy atom. The van der Waals surface area contributed by atoms with Crippen molar-refractivity contribution >= 4 is 52.2 Å². The number of rotatable bonds is 8. The summed E-state index contributed by atoms with van der Waals surface area (Å²) >= 11 is 6.16. The number of ether oxygens (including phenoxy) is 1. The van der Waals surface area contributed by atoms with Crippen LogP contribution >= 0.6 is 24.0 Å². The van der Waals surface area contributed by atoms with Gasteiger partial charge < -0.3 is 20.1 Å². The topological polar surface area (TPSA) is 124 Å². The predicted octanol–water partition coefficient (Wildman–Crippen LogP) is 2.56. The van der Waals surface area contributed by atoms with Crippen LogP contribution in [-0.2, 0) is 14.4 Å². The molecule has 10 heteroatoms. The molecule has 0 radical (unpaired) electrons. The van der Waals surface area contributed by atoms with Gasteiger partial charge >= 0.3 is 11.9 Å². The lowest BCUT2D eigenvalue weighted by Gasteiger charge is -2.29. The van der Waals surface area contributed by atoms with E-state index in [4.69, 9.17) is 17.0 Å². The van der Waals surface area contributed by atoms with Crippen molar-refractivity contribution < 1.29 is 34.4 Å². The third kappa shape index (κ3) is 4.45. The number of carbonyl (C=O) groups is 3. The number of carboxylic acid groups (broad SMARTS) is 2. The summed E-state index contributed by atoms with van der Waals surface area (Å²) in [6, 6.07) is 3.44. The van der Waals surface area contributed by atoms with E-state index in [-0.39, 0.29) is 21.4 Å². The molecule has 8 nitrogen and oxygen atoms in total. The lowest BCUT2D eigenvalue weighted by Crippen LogP contribution is -2.48. The highest BCUT2D eigenvalue weighted by Gasteiger charge is 2.45. The van der Waals surface area contributed by atoms with E-state index in [9.17, 15) is 29.7 Å². The van der Waals surface area contributed by atoms with E-state index in [2.05, 4.69) is 0 Å². The molecule has 0 aromatic heterocycles. The minimum Gasteiger partial charge on any atom is -0.507 e. The number of thiocarbonyl (C=S) groups is 1. The number of aliphatic carboxylic acids is 2. The minimum absolute atomic E-state index is 0.0789. The molecule has 1 atom stereocenters. The highest BCUT2D eigenvalue weighted by atomic mass is 32.2. The first-order chi connectivity index (χ1) is 13.2. The van der Waals surface area contributed by atoms with Crippen molar-refractivity contribution in [3.05, 3.63) is 28.7 Å². The van der Waals surface area contributed by atoms with Gasteiger partial charge in [0, 0.05) is 11.6 Å². The number of phenolic OH excluding ortho intramolecular Hbond substituents is 1. The van der Waals surface area contributed by atoms with Crippen molar-refractivity contribution in [3.8, 4) is 11.5 Å². The molecule has 1 amide bonds. The van der Waals surface area contributed by atoms with Crippen molar-refractivity contribution in [1.29, 1.82) is 0 Å². The lowest BCUT2D eigenvalue weighted by molar-refractivity contribution is -0.157. The summed E-state index contributed by atoms with van der Waals surface area (Å²) in [6.45, 7) is 1.76. The fourth-order valence-corrected chi connectivity index (χ4v) is 4.22. The first-order valence-corrected chi connectivity index (χ1v) is 9.53. The van der Waals surface area contributed by atoms with Crippen LogP contribution in [0.1, 0.15) is 25.3 Å². The predicted molar refractivity (Wildman–Crippen MR) is 107 cm³/mol. The van der Waals surface area contributed by atoms with Crippen LogP contribution in [0, 0.1) is 5.92 Å². The highest BCUT2D eigenvalue weighted by Crippen LogP contribution is 2.38. The lowest BCUT2D eigenvalue weighted by atomic mass is 9.94. The Morgan fingerprint density at radius 2 is 1.96 bits per heavy atom. The maximum absolute atomic E-state index is 12.9. The Kier molecular flexibility index (Phi) is 7.03. The summed E-state index contributed by atoms with van der Waals surface area (Å²) in [6.07, 6.45) is 2.06. The molecule has 0 bridgehead atoms. The van der Waals surface area contributed by atoms with E-state index >= 15 is 0 Å². The molecule has 150 valence electrons. The molecule has 0 spiro atoms. The molecule has 28 heavy (non-hydrogen) atoms. The van der Waals surface area contributed by atoms with Crippen LogP contribution in [0.4, 0.5) is 0 Å². The minimum atomic E-state index is -1.80. The van der Waals surface area contributed by atoms with E-state index in [1.807, 2.05) is 0 Å². The molecule has 1 aromatic rings. The van der Waals surface area contributed by atoms with Crippen LogP contribution in [0.25, 0.3) is 6.08 Å². The van der Waals surface area contributed by atoms with E-state index in [0.717, 1.165) is 16.7 Å². The Labute approximate surface area is 170 Å². The number of hydrogen-bond acceptors (Lipinski definition) is 7. The Morgan fingerprint density at radius 1 is 1.32 bits per heavy atom. The van der Waals surface area contributed by atoms with Crippen LogP contribution < -0.4 is 4.74 Å². The van der Waals surface area contributed by atoms with Crippen molar-refractivity contribution in [2.24, 2.45) is 5.92 Å². The van der Waals surface area contributed by atoms with Gasteiger partial charge in [-0.1, -0.05) is 37.3 Å². The number of benzene rings is 1. The summed E-state index contributed by atoms with van der Waals surface area (Å²) in [5.74, 6) is -5.11. The largest absolute Gasteiger partial charge is 0.507 e. The van der Waals surface area contributed by atoms with Crippen LogP contribution in [0.5, 0.6) is 11.5 Å². The number of carboxylic acids is 2. The second-order valence-corrected chi connectivity index (χ2v) is 7.66. The summed E-state index contributed by atoms with van der Waals surface area (Å²) in [7, 11) is 1.45. The van der Waals surface area contributed by atoms with Crippen molar-refractivity contribution in [3.63, 3.8) is 0 Å². The van der Waals surface area contributed by atoms with Gasteiger partial charge in [-0.2, -0.15) is 0 Å². The smallest absolute Gasteiger partial charge is 0.320 e. The summed E-state index contributed by atoms with van der Waals surface area (Å²) < 4.78 is 5.09. The molecule has 1 aliphatic heterocycles. The number of phenols is 1. The number of thioether (sulfide) groups is 1. The molecule has 1 heterocycles. The average Bonchev–Trinajstić information content (AvgIpc) is 2.89. The first-order valence-electron chi connectivity index (χ1n) is 8.30. The number of hydrogen-bond donors (Lipinski definition) is 3. The standard InChI is InChI=1S/C18H19NO7S2/c1-3-4-11(14(16(22)23)17(24)25)19-15(21)13(28-18(19)27)7-9-5-6-10(26-2)8-12(9)20/h5-8,11,14,20H,3-4H2,1-2H3,(H,22,23)(H,24,25). The molecule has 0 saturated carbocycles. The zero-order valence-electron chi connectivity index (χ0n) is 15.1. The molecule has 1 saturated heterocycles. The number of carbonyl (C=O) groups excluding carboxylic acids is 1. The molecule has 1 aliphatic rings. The van der Waals surface area contributed by atoms with Gasteiger partial charge in [-0.3, -0.25) is 19.3 Å². The third-order valence-corrected chi connectivity index (χ3v) is 5.51. The summed E-state index contributed by atoms with van der Waals surface area (Å²) in [4.78, 5) is 37.1. The SMILES string of the molecule is CCCC(C(C(=O)O)C(=O)O)N1C(=O)C(=Cc2ccc(OC)cc2O)SC1=S. The van der Waals surface area contributed by atoms with E-state index < -0.39 is 29.8 Å². The van der Waals surface area contributed by atoms with E-state index in [1.165, 1.54) is 19.3 Å². The van der Waals surface area contributed by atoms with Gasteiger partial charge in [0.05, 0.1) is 18.1 Å². The van der Waals surface area contributed by atoms with Gasteiger partial charge in [0.2, 0.25) is 0 Å². The van der Waals surface area contributed by atoms with E-state index in [0.29, 0.717) is 17.7 Å². The Balaban J connectivity index is 2.40. The zero-order chi connectivity index (χ0) is 21.0. The highest BCUT2D eigenvalue weighted by molar-refractivity contribution is 8.26. The average molecular weight is 425 g/mol. The van der Waals surface area contributed by atoms with Crippen LogP contribution in [0.15, 0.2) is 23.1 Å². The van der Waals surface area contributed by atoms with Gasteiger partial charge in [-0.25, -0.2) is 0 Å². The number of amides is 1. The molecule has 2 rings (SSSR count). The number of aromatic hydroxyl groups is 1. The fraction of sp³-hybridized carbons (Fsp3) is 0.333. The molecule has 1 unspecified atom stereocenters. The Bertz CT molecular complexity index is 838. The Hall–Kier alpha value is -2.59. The maximum Gasteiger partial charge on any atom is 0.320 e. The van der Waals surface area contributed by atoms with Crippen LogP contribution in [0.3, 0.4) is 0 Å². The molecule has 3 N–H and O–H groups in total. The quantitative estimate of drug-likeness (QED) is 0.327.